The Labute approximate surface area is 363 Å². The molecule has 0 aromatic carbocycles. The highest BCUT2D eigenvalue weighted by Gasteiger charge is 2.41. The Morgan fingerprint density at radius 1 is 0.661 bits per heavy atom. The standard InChI is InChI=1S/C21H21N7O.C14H13ClN6O.C7H10BNO2/c1-13-9-15(10-14(2)24-13)17-3-4-18-20(25-17)28(16-5-8-27(18)12-16)21(29)26-19-11-22-6-7-23-19;15-11-2-1-10-13(18-11)21(9-3-6-20(10)8-9)14(22)19-12-7-16-4-5-17-12;1-5-3-7(8(10)11)4-6(2)9-5/h3-4,6-7,9-11,16H,5,8,12H2,1-2H3,(H,23,26,29);1-2,4-5,7,9H,3,6,8H2,(H,17,19,22);3-4,10-11H,1-2H3/t16-;9-;/m00./s1. The molecule has 10 rings (SSSR count). The quantitative estimate of drug-likeness (QED) is 0.140. The molecule has 0 spiro atoms. The van der Waals surface area contributed by atoms with Crippen molar-refractivity contribution in [2.45, 2.75) is 52.6 Å². The Bertz CT molecular complexity index is 2550. The van der Waals surface area contributed by atoms with Gasteiger partial charge in [0.2, 0.25) is 0 Å². The van der Waals surface area contributed by atoms with E-state index in [1.165, 1.54) is 18.6 Å². The lowest BCUT2D eigenvalue weighted by atomic mass is 9.80. The van der Waals surface area contributed by atoms with Crippen LogP contribution in [0.15, 0.2) is 85.7 Å². The van der Waals surface area contributed by atoms with Gasteiger partial charge >= 0.3 is 19.2 Å². The van der Waals surface area contributed by atoms with Gasteiger partial charge < -0.3 is 19.8 Å². The topological polar surface area (TPSA) is 215 Å². The normalized spacial score (nSPS) is 16.6. The summed E-state index contributed by atoms with van der Waals surface area (Å²) >= 11 is 6.01. The molecule has 2 fully saturated rings. The Balaban J connectivity index is 0.000000141. The molecule has 0 unspecified atom stereocenters. The number of urea groups is 2. The molecule has 4 N–H and O–H groups in total. The highest BCUT2D eigenvalue weighted by Crippen LogP contribution is 2.41. The van der Waals surface area contributed by atoms with E-state index in [4.69, 9.17) is 26.6 Å². The molecule has 316 valence electrons. The summed E-state index contributed by atoms with van der Waals surface area (Å²) < 4.78 is 0. The van der Waals surface area contributed by atoms with Crippen LogP contribution >= 0.6 is 11.6 Å². The number of aryl methyl sites for hydroxylation is 4. The molecular formula is C42H44BClN14O4. The van der Waals surface area contributed by atoms with Crippen LogP contribution in [0.2, 0.25) is 5.15 Å². The van der Waals surface area contributed by atoms with E-state index in [1.54, 1.807) is 46.6 Å². The number of anilines is 6. The van der Waals surface area contributed by atoms with Crippen LogP contribution in [0.4, 0.5) is 44.2 Å². The molecule has 4 bridgehead atoms. The molecule has 4 amide bonds. The minimum Gasteiger partial charge on any atom is -0.423 e. The Kier molecular flexibility index (Phi) is 12.2. The summed E-state index contributed by atoms with van der Waals surface area (Å²) in [5.74, 6) is 2.12. The Hall–Kier alpha value is -6.83. The first-order valence-corrected chi connectivity index (χ1v) is 20.4. The maximum atomic E-state index is 13.2. The Morgan fingerprint density at radius 2 is 1.15 bits per heavy atom. The third-order valence-electron chi connectivity index (χ3n) is 10.7. The van der Waals surface area contributed by atoms with Crippen molar-refractivity contribution in [2.24, 2.45) is 0 Å². The van der Waals surface area contributed by atoms with Crippen LogP contribution in [0.25, 0.3) is 11.3 Å². The minimum atomic E-state index is -1.39. The lowest BCUT2D eigenvalue weighted by molar-refractivity contribution is 0.254. The van der Waals surface area contributed by atoms with Crippen molar-refractivity contribution in [2.75, 3.05) is 56.4 Å². The predicted molar refractivity (Wildman–Crippen MR) is 238 cm³/mol. The third kappa shape index (κ3) is 9.24. The number of amides is 4. The highest BCUT2D eigenvalue weighted by atomic mass is 35.5. The first kappa shape index (κ1) is 41.9. The van der Waals surface area contributed by atoms with E-state index < -0.39 is 7.12 Å². The molecule has 6 aromatic heterocycles. The van der Waals surface area contributed by atoms with Crippen LogP contribution in [-0.2, 0) is 0 Å². The fraction of sp³-hybridized carbons (Fsp3) is 0.286. The number of aromatic nitrogens is 8. The summed E-state index contributed by atoms with van der Waals surface area (Å²) in [6.07, 6.45) is 11.1. The van der Waals surface area contributed by atoms with E-state index in [9.17, 15) is 9.59 Å². The first-order valence-electron chi connectivity index (χ1n) is 20.1. The van der Waals surface area contributed by atoms with Crippen LogP contribution in [0.5, 0.6) is 0 Å². The van der Waals surface area contributed by atoms with Crippen LogP contribution in [0, 0.1) is 27.7 Å². The summed E-state index contributed by atoms with van der Waals surface area (Å²) in [4.78, 5) is 67.8. The van der Waals surface area contributed by atoms with Gasteiger partial charge in [-0.25, -0.2) is 29.5 Å². The van der Waals surface area contributed by atoms with E-state index in [-0.39, 0.29) is 24.1 Å². The lowest BCUT2D eigenvalue weighted by Crippen LogP contribution is -2.48. The number of carbonyl (C=O) groups is 2. The van der Waals surface area contributed by atoms with Gasteiger partial charge in [0.15, 0.2) is 23.3 Å². The average molecular weight is 855 g/mol. The first-order chi connectivity index (χ1) is 29.9. The number of fused-ring (bicyclic) bond motifs is 8. The van der Waals surface area contributed by atoms with Gasteiger partial charge in [0.1, 0.15) is 5.15 Å². The maximum Gasteiger partial charge on any atom is 0.488 e. The van der Waals surface area contributed by atoms with Crippen molar-refractivity contribution in [3.8, 4) is 11.3 Å². The Morgan fingerprint density at radius 3 is 1.63 bits per heavy atom. The molecule has 0 radical (unpaired) electrons. The summed E-state index contributed by atoms with van der Waals surface area (Å²) in [5.41, 5.74) is 7.74. The third-order valence-corrected chi connectivity index (χ3v) is 10.9. The molecule has 0 saturated carbocycles. The van der Waals surface area contributed by atoms with Crippen molar-refractivity contribution in [3.63, 3.8) is 0 Å². The highest BCUT2D eigenvalue weighted by molar-refractivity contribution is 6.58. The maximum absolute atomic E-state index is 13.2. The summed E-state index contributed by atoms with van der Waals surface area (Å²) in [7, 11) is -1.39. The van der Waals surface area contributed by atoms with E-state index in [1.807, 2.05) is 52.0 Å². The molecule has 6 aromatic rings. The van der Waals surface area contributed by atoms with Crippen molar-refractivity contribution in [1.29, 1.82) is 0 Å². The zero-order valence-corrected chi connectivity index (χ0v) is 35.3. The van der Waals surface area contributed by atoms with E-state index in [0.717, 1.165) is 84.4 Å². The second-order valence-electron chi connectivity index (χ2n) is 15.3. The molecule has 62 heavy (non-hydrogen) atoms. The van der Waals surface area contributed by atoms with Crippen LogP contribution in [0.3, 0.4) is 0 Å². The van der Waals surface area contributed by atoms with Crippen molar-refractivity contribution >= 4 is 70.9 Å². The fourth-order valence-corrected chi connectivity index (χ4v) is 8.29. The van der Waals surface area contributed by atoms with Gasteiger partial charge in [0.25, 0.3) is 0 Å². The number of nitrogens with one attached hydrogen (secondary N) is 2. The summed E-state index contributed by atoms with van der Waals surface area (Å²) in [6, 6.07) is 14.8. The lowest BCUT2D eigenvalue weighted by Gasteiger charge is -2.35. The smallest absolute Gasteiger partial charge is 0.423 e. The number of hydrogen-bond acceptors (Lipinski definition) is 14. The largest absolute Gasteiger partial charge is 0.488 e. The number of halogens is 1. The molecule has 4 aliphatic rings. The van der Waals surface area contributed by atoms with Gasteiger partial charge in [0.05, 0.1) is 41.5 Å². The fourth-order valence-electron chi connectivity index (χ4n) is 8.15. The predicted octanol–water partition coefficient (Wildman–Crippen LogP) is 4.72. The summed E-state index contributed by atoms with van der Waals surface area (Å²) in [6.45, 7) is 11.0. The van der Waals surface area contributed by atoms with Crippen LogP contribution < -0.4 is 35.7 Å². The van der Waals surface area contributed by atoms with Gasteiger partial charge in [-0.2, -0.15) is 0 Å². The van der Waals surface area contributed by atoms with Gasteiger partial charge in [-0.3, -0.25) is 40.4 Å². The zero-order chi connectivity index (χ0) is 43.5. The van der Waals surface area contributed by atoms with Crippen molar-refractivity contribution in [3.05, 3.63) is 114 Å². The number of hydrogen-bond donors (Lipinski definition) is 4. The molecule has 0 aliphatic carbocycles. The molecule has 4 aliphatic heterocycles. The zero-order valence-electron chi connectivity index (χ0n) is 34.5. The van der Waals surface area contributed by atoms with Gasteiger partial charge in [0, 0.05) is 79.3 Å². The molecule has 18 nitrogen and oxygen atoms in total. The number of pyridine rings is 4. The second kappa shape index (κ2) is 18.0. The molecule has 10 heterocycles. The molecule has 2 saturated heterocycles. The van der Waals surface area contributed by atoms with E-state index >= 15 is 0 Å². The SMILES string of the molecule is Cc1cc(-c2ccc3c(n2)N(C(=O)Nc2cnccn2)[C@H]2CCN3C2)cc(C)n1.Cc1cc(B(O)O)cc(C)n1.O=C(Nc1cnccn1)N1c2nc(Cl)ccc2N2CC[C@H]1C2. The van der Waals surface area contributed by atoms with E-state index in [2.05, 4.69) is 61.4 Å². The summed E-state index contributed by atoms with van der Waals surface area (Å²) in [5, 5.41) is 23.6. The van der Waals surface area contributed by atoms with Crippen molar-refractivity contribution in [1.82, 2.24) is 39.9 Å². The number of nitrogens with zero attached hydrogens (tertiary/aromatic N) is 12. The van der Waals surface area contributed by atoms with E-state index in [0.29, 0.717) is 33.9 Å². The number of carbonyl (C=O) groups excluding carboxylic acids is 2. The van der Waals surface area contributed by atoms with Crippen LogP contribution in [0.1, 0.15) is 35.6 Å². The van der Waals surface area contributed by atoms with Gasteiger partial charge in [-0.05, 0) is 94.5 Å². The van der Waals surface area contributed by atoms with Crippen molar-refractivity contribution < 1.29 is 19.6 Å². The monoisotopic (exact) mass is 854 g/mol. The average Bonchev–Trinajstić information content (AvgIpc) is 3.86. The molecule has 2 atom stereocenters. The molecule has 20 heteroatoms. The molecular weight excluding hydrogens is 811 g/mol. The van der Waals surface area contributed by atoms with Gasteiger partial charge in [-0.1, -0.05) is 11.6 Å². The minimum absolute atomic E-state index is 0.0860. The van der Waals surface area contributed by atoms with Gasteiger partial charge in [-0.15, -0.1) is 0 Å². The van der Waals surface area contributed by atoms with Crippen LogP contribution in [-0.4, -0.2) is 107 Å². The number of rotatable bonds is 4. The second-order valence-corrected chi connectivity index (χ2v) is 15.7.